The molecule has 0 bridgehead atoms. The van der Waals surface area contributed by atoms with Crippen LogP contribution in [0.4, 0.5) is 0 Å². The molecule has 1 aliphatic carbocycles. The van der Waals surface area contributed by atoms with Gasteiger partial charge < -0.3 is 4.98 Å². The van der Waals surface area contributed by atoms with Crippen molar-refractivity contribution in [3.63, 3.8) is 0 Å². The zero-order valence-corrected chi connectivity index (χ0v) is 12.9. The molecule has 1 atom stereocenters. The molecule has 0 unspecified atom stereocenters. The van der Waals surface area contributed by atoms with Crippen LogP contribution in [0.1, 0.15) is 38.9 Å². The zero-order valence-electron chi connectivity index (χ0n) is 12.9. The van der Waals surface area contributed by atoms with Gasteiger partial charge in [-0.25, -0.2) is 4.98 Å². The lowest BCUT2D eigenvalue weighted by molar-refractivity contribution is 0.131. The summed E-state index contributed by atoms with van der Waals surface area (Å²) in [6, 6.07) is 0.702. The molecule has 1 saturated carbocycles. The topological polar surface area (TPSA) is 35.2 Å². The Hall–Kier alpha value is -0.870. The van der Waals surface area contributed by atoms with Crippen molar-refractivity contribution in [3.8, 4) is 0 Å². The van der Waals surface area contributed by atoms with Crippen LogP contribution < -0.4 is 0 Å². The third-order valence-corrected chi connectivity index (χ3v) is 4.72. The van der Waals surface area contributed by atoms with Gasteiger partial charge in [0.1, 0.15) is 5.82 Å². The van der Waals surface area contributed by atoms with Crippen molar-refractivity contribution in [2.45, 2.75) is 45.7 Å². The van der Waals surface area contributed by atoms with Gasteiger partial charge in [-0.05, 0) is 44.2 Å². The third-order valence-electron chi connectivity index (χ3n) is 4.72. The normalized spacial score (nSPS) is 26.1. The van der Waals surface area contributed by atoms with E-state index in [2.05, 4.69) is 33.6 Å². The Kier molecular flexibility index (Phi) is 4.41. The highest BCUT2D eigenvalue weighted by Gasteiger charge is 2.32. The molecule has 0 spiro atoms. The van der Waals surface area contributed by atoms with Crippen LogP contribution in [0, 0.1) is 11.8 Å². The lowest BCUT2D eigenvalue weighted by Crippen LogP contribution is -2.45. The van der Waals surface area contributed by atoms with Gasteiger partial charge in [-0.2, -0.15) is 0 Å². The van der Waals surface area contributed by atoms with Crippen molar-refractivity contribution in [3.05, 3.63) is 18.2 Å². The molecule has 3 rings (SSSR count). The minimum atomic E-state index is 0.702. The molecular weight excluding hydrogens is 248 g/mol. The maximum atomic E-state index is 4.38. The summed E-state index contributed by atoms with van der Waals surface area (Å²) in [4.78, 5) is 13.0. The molecule has 2 aliphatic rings. The second-order valence-corrected chi connectivity index (χ2v) is 6.87. The van der Waals surface area contributed by atoms with Crippen molar-refractivity contribution in [1.29, 1.82) is 0 Å². The molecule has 0 aromatic carbocycles. The average molecular weight is 276 g/mol. The van der Waals surface area contributed by atoms with E-state index in [1.807, 2.05) is 12.4 Å². The molecule has 1 N–H and O–H groups in total. The molecule has 1 saturated heterocycles. The molecule has 0 radical (unpaired) electrons. The van der Waals surface area contributed by atoms with Crippen molar-refractivity contribution >= 4 is 0 Å². The first-order valence-corrected chi connectivity index (χ1v) is 8.17. The number of hydrogen-bond donors (Lipinski definition) is 1. The van der Waals surface area contributed by atoms with Gasteiger partial charge in [-0.15, -0.1) is 0 Å². The van der Waals surface area contributed by atoms with E-state index < -0.39 is 0 Å². The summed E-state index contributed by atoms with van der Waals surface area (Å²) in [7, 11) is 0. The summed E-state index contributed by atoms with van der Waals surface area (Å²) in [6.07, 6.45) is 7.98. The van der Waals surface area contributed by atoms with E-state index in [0.717, 1.165) is 24.2 Å². The second kappa shape index (κ2) is 6.27. The van der Waals surface area contributed by atoms with E-state index in [1.54, 1.807) is 0 Å². The van der Waals surface area contributed by atoms with Crippen molar-refractivity contribution in [2.24, 2.45) is 11.8 Å². The Morgan fingerprint density at radius 2 is 2.20 bits per heavy atom. The fraction of sp³-hybridized carbons (Fsp3) is 0.812. The molecule has 2 fully saturated rings. The van der Waals surface area contributed by atoms with Crippen LogP contribution in [0.25, 0.3) is 0 Å². The van der Waals surface area contributed by atoms with Gasteiger partial charge in [-0.3, -0.25) is 9.80 Å². The lowest BCUT2D eigenvalue weighted by atomic mass is 10.0. The molecule has 1 aromatic rings. The van der Waals surface area contributed by atoms with Crippen LogP contribution in [-0.4, -0.2) is 52.0 Å². The molecule has 1 aromatic heterocycles. The van der Waals surface area contributed by atoms with Crippen LogP contribution in [0.15, 0.2) is 12.4 Å². The smallest absolute Gasteiger partial charge is 0.120 e. The number of H-pyrrole nitrogens is 1. The maximum Gasteiger partial charge on any atom is 0.120 e. The number of rotatable bonds is 5. The van der Waals surface area contributed by atoms with Gasteiger partial charge in [-0.1, -0.05) is 13.8 Å². The monoisotopic (exact) mass is 276 g/mol. The summed E-state index contributed by atoms with van der Waals surface area (Å²) < 4.78 is 0. The van der Waals surface area contributed by atoms with Crippen LogP contribution in [-0.2, 0) is 6.54 Å². The Labute approximate surface area is 122 Å². The highest BCUT2D eigenvalue weighted by atomic mass is 15.3. The predicted octanol–water partition coefficient (Wildman–Crippen LogP) is 2.35. The molecule has 1 aliphatic heterocycles. The Morgan fingerprint density at radius 3 is 2.85 bits per heavy atom. The van der Waals surface area contributed by atoms with Gasteiger partial charge >= 0.3 is 0 Å². The summed E-state index contributed by atoms with van der Waals surface area (Å²) in [5.41, 5.74) is 0. The van der Waals surface area contributed by atoms with Gasteiger partial charge in [0.25, 0.3) is 0 Å². The lowest BCUT2D eigenvalue weighted by Gasteiger charge is -2.34. The second-order valence-electron chi connectivity index (χ2n) is 6.87. The molecule has 2 heterocycles. The Morgan fingerprint density at radius 1 is 1.35 bits per heavy atom. The SMILES string of the molecule is CC(C)[C@@H]1CN(Cc2ncc[nH]2)CCCN1CC1CC1. The number of nitrogens with one attached hydrogen (secondary N) is 1. The fourth-order valence-electron chi connectivity index (χ4n) is 3.37. The Balaban J connectivity index is 1.63. The largest absolute Gasteiger partial charge is 0.348 e. The summed E-state index contributed by atoms with van der Waals surface area (Å²) in [5.74, 6) is 2.82. The van der Waals surface area contributed by atoms with Crippen molar-refractivity contribution in [2.75, 3.05) is 26.2 Å². The van der Waals surface area contributed by atoms with E-state index in [4.69, 9.17) is 0 Å². The minimum Gasteiger partial charge on any atom is -0.348 e. The van der Waals surface area contributed by atoms with E-state index >= 15 is 0 Å². The van der Waals surface area contributed by atoms with E-state index in [-0.39, 0.29) is 0 Å². The molecule has 112 valence electrons. The summed E-state index contributed by atoms with van der Waals surface area (Å²) >= 11 is 0. The molecule has 4 heteroatoms. The molecule has 0 amide bonds. The van der Waals surface area contributed by atoms with Crippen molar-refractivity contribution in [1.82, 2.24) is 19.8 Å². The molecule has 4 nitrogen and oxygen atoms in total. The first-order chi connectivity index (χ1) is 9.72. The van der Waals surface area contributed by atoms with Crippen LogP contribution in [0.5, 0.6) is 0 Å². The third kappa shape index (κ3) is 3.61. The number of aromatic amines is 1. The maximum absolute atomic E-state index is 4.38. The highest BCUT2D eigenvalue weighted by Crippen LogP contribution is 2.31. The highest BCUT2D eigenvalue weighted by molar-refractivity contribution is 4.91. The summed E-state index contributed by atoms with van der Waals surface area (Å²) in [6.45, 7) is 10.7. The van der Waals surface area contributed by atoms with Crippen LogP contribution in [0.3, 0.4) is 0 Å². The molecular formula is C16H28N4. The van der Waals surface area contributed by atoms with Crippen molar-refractivity contribution < 1.29 is 0 Å². The van der Waals surface area contributed by atoms with E-state index in [1.165, 1.54) is 45.4 Å². The van der Waals surface area contributed by atoms with E-state index in [0.29, 0.717) is 6.04 Å². The van der Waals surface area contributed by atoms with E-state index in [9.17, 15) is 0 Å². The zero-order chi connectivity index (χ0) is 13.9. The average Bonchev–Trinajstić information content (AvgIpc) is 3.13. The fourth-order valence-corrected chi connectivity index (χ4v) is 3.37. The minimum absolute atomic E-state index is 0.702. The first kappa shape index (κ1) is 14.1. The van der Waals surface area contributed by atoms with Gasteiger partial charge in [0.05, 0.1) is 6.54 Å². The van der Waals surface area contributed by atoms with Gasteiger partial charge in [0.15, 0.2) is 0 Å². The number of nitrogens with zero attached hydrogens (tertiary/aromatic N) is 3. The number of hydrogen-bond acceptors (Lipinski definition) is 3. The standard InChI is InChI=1S/C16H28N4/c1-13(2)15-11-19(12-16-17-6-7-18-16)8-3-9-20(15)10-14-4-5-14/h6-7,13-15H,3-5,8-12H2,1-2H3,(H,17,18)/t15-/m0/s1. The van der Waals surface area contributed by atoms with Crippen LogP contribution in [0.2, 0.25) is 0 Å². The quantitative estimate of drug-likeness (QED) is 0.896. The van der Waals surface area contributed by atoms with Gasteiger partial charge in [0, 0.05) is 31.5 Å². The summed E-state index contributed by atoms with van der Waals surface area (Å²) in [5, 5.41) is 0. The molecule has 20 heavy (non-hydrogen) atoms. The number of imidazole rings is 1. The first-order valence-electron chi connectivity index (χ1n) is 8.17. The predicted molar refractivity (Wildman–Crippen MR) is 81.4 cm³/mol. The number of aromatic nitrogens is 2. The van der Waals surface area contributed by atoms with Gasteiger partial charge in [0.2, 0.25) is 0 Å². The van der Waals surface area contributed by atoms with Crippen LogP contribution >= 0.6 is 0 Å². The Bertz CT molecular complexity index is 397.